The zero-order chi connectivity index (χ0) is 14.8. The third-order valence-corrected chi connectivity index (χ3v) is 3.24. The first-order valence-electron chi connectivity index (χ1n) is 6.95. The molecule has 21 heavy (non-hydrogen) atoms. The first kappa shape index (κ1) is 13.4. The predicted molar refractivity (Wildman–Crippen MR) is 84.0 cm³/mol. The van der Waals surface area contributed by atoms with Gasteiger partial charge in [-0.15, -0.1) is 0 Å². The van der Waals surface area contributed by atoms with Crippen molar-refractivity contribution in [2.75, 3.05) is 5.32 Å². The lowest BCUT2D eigenvalue weighted by Gasteiger charge is -2.03. The molecule has 2 aromatic heterocycles. The van der Waals surface area contributed by atoms with E-state index in [-0.39, 0.29) is 0 Å². The highest BCUT2D eigenvalue weighted by Crippen LogP contribution is 2.23. The molecule has 5 heteroatoms. The van der Waals surface area contributed by atoms with E-state index in [1.54, 1.807) is 10.9 Å². The second-order valence-electron chi connectivity index (χ2n) is 5.25. The second-order valence-corrected chi connectivity index (χ2v) is 5.25. The Morgan fingerprint density at radius 3 is 3.00 bits per heavy atom. The minimum absolute atomic E-state index is 0.290. The van der Waals surface area contributed by atoms with Gasteiger partial charge in [-0.1, -0.05) is 20.4 Å². The van der Waals surface area contributed by atoms with Gasteiger partial charge in [-0.2, -0.15) is 5.10 Å². The fraction of sp³-hybridized carbons (Fsp3) is 0.250. The molecule has 0 saturated heterocycles. The van der Waals surface area contributed by atoms with E-state index in [0.717, 1.165) is 28.2 Å². The third-order valence-electron chi connectivity index (χ3n) is 3.24. The number of rotatable bonds is 5. The highest BCUT2D eigenvalue weighted by atomic mass is 16.3. The molecule has 0 amide bonds. The summed E-state index contributed by atoms with van der Waals surface area (Å²) in [4.78, 5) is 4.51. The molecule has 0 aliphatic heterocycles. The van der Waals surface area contributed by atoms with Crippen LogP contribution >= 0.6 is 0 Å². The average molecular weight is 282 g/mol. The lowest BCUT2D eigenvalue weighted by atomic mass is 10.2. The summed E-state index contributed by atoms with van der Waals surface area (Å²) in [5.41, 5.74) is 3.81. The van der Waals surface area contributed by atoms with Crippen molar-refractivity contribution in [2.24, 2.45) is 0 Å². The largest absolute Gasteiger partial charge is 0.440 e. The maximum Gasteiger partial charge on any atom is 0.198 e. The van der Waals surface area contributed by atoms with E-state index in [2.05, 4.69) is 35.8 Å². The molecule has 0 atom stereocenters. The molecular formula is C16H18N4O. The Bertz CT molecular complexity index is 770. The van der Waals surface area contributed by atoms with Crippen molar-refractivity contribution >= 4 is 23.0 Å². The van der Waals surface area contributed by atoms with Crippen LogP contribution in [-0.2, 0) is 6.54 Å². The Labute approximate surface area is 123 Å². The Morgan fingerprint density at radius 1 is 1.43 bits per heavy atom. The van der Waals surface area contributed by atoms with Crippen LogP contribution in [0.1, 0.15) is 31.2 Å². The molecule has 1 aromatic carbocycles. The number of oxazole rings is 1. The van der Waals surface area contributed by atoms with Gasteiger partial charge in [0.05, 0.1) is 6.20 Å². The minimum atomic E-state index is 0.290. The molecule has 0 spiro atoms. The Balaban J connectivity index is 1.76. The van der Waals surface area contributed by atoms with Crippen molar-refractivity contribution in [1.29, 1.82) is 0 Å². The van der Waals surface area contributed by atoms with E-state index in [0.29, 0.717) is 12.5 Å². The molecule has 0 aliphatic rings. The first-order chi connectivity index (χ1) is 10.2. The monoisotopic (exact) mass is 282 g/mol. The van der Waals surface area contributed by atoms with Crippen molar-refractivity contribution in [2.45, 2.75) is 26.3 Å². The summed E-state index contributed by atoms with van der Waals surface area (Å²) in [6, 6.07) is 5.95. The molecule has 0 aliphatic carbocycles. The zero-order valence-electron chi connectivity index (χ0n) is 12.2. The SMILES string of the molecule is C=Cn1cc(CNc2ccc3oc(C(C)C)nc3c2)cn1. The Morgan fingerprint density at radius 2 is 2.29 bits per heavy atom. The van der Waals surface area contributed by atoms with Gasteiger partial charge in [0.25, 0.3) is 0 Å². The van der Waals surface area contributed by atoms with Crippen LogP contribution in [0.3, 0.4) is 0 Å². The summed E-state index contributed by atoms with van der Waals surface area (Å²) in [5.74, 6) is 1.06. The molecule has 0 fully saturated rings. The average Bonchev–Trinajstić information content (AvgIpc) is 3.11. The van der Waals surface area contributed by atoms with Gasteiger partial charge in [0.1, 0.15) is 5.52 Å². The second kappa shape index (κ2) is 5.44. The van der Waals surface area contributed by atoms with Crippen LogP contribution in [0.2, 0.25) is 0 Å². The summed E-state index contributed by atoms with van der Waals surface area (Å²) < 4.78 is 7.39. The van der Waals surface area contributed by atoms with Gasteiger partial charge in [0.2, 0.25) is 0 Å². The van der Waals surface area contributed by atoms with Gasteiger partial charge in [-0.3, -0.25) is 0 Å². The van der Waals surface area contributed by atoms with Crippen LogP contribution in [0.25, 0.3) is 17.3 Å². The van der Waals surface area contributed by atoms with Gasteiger partial charge in [-0.05, 0) is 18.2 Å². The fourth-order valence-electron chi connectivity index (χ4n) is 2.07. The summed E-state index contributed by atoms with van der Waals surface area (Å²) in [6.45, 7) is 8.52. The van der Waals surface area contributed by atoms with E-state index in [9.17, 15) is 0 Å². The highest BCUT2D eigenvalue weighted by molar-refractivity contribution is 5.77. The van der Waals surface area contributed by atoms with E-state index < -0.39 is 0 Å². The number of nitrogens with one attached hydrogen (secondary N) is 1. The summed E-state index contributed by atoms with van der Waals surface area (Å²) in [6.07, 6.45) is 5.42. The molecule has 5 nitrogen and oxygen atoms in total. The summed E-state index contributed by atoms with van der Waals surface area (Å²) in [7, 11) is 0. The standard InChI is InChI=1S/C16H18N4O/c1-4-20-10-12(9-18-20)8-17-13-5-6-15-14(7-13)19-16(21-15)11(2)3/h4-7,9-11,17H,1,8H2,2-3H3. The molecular weight excluding hydrogens is 264 g/mol. The van der Waals surface area contributed by atoms with Crippen LogP contribution in [0.15, 0.2) is 41.6 Å². The van der Waals surface area contributed by atoms with Crippen molar-refractivity contribution < 1.29 is 4.42 Å². The zero-order valence-corrected chi connectivity index (χ0v) is 12.2. The van der Waals surface area contributed by atoms with Crippen LogP contribution < -0.4 is 5.32 Å². The van der Waals surface area contributed by atoms with Crippen molar-refractivity contribution in [3.8, 4) is 0 Å². The highest BCUT2D eigenvalue weighted by Gasteiger charge is 2.09. The number of anilines is 1. The number of benzene rings is 1. The van der Waals surface area contributed by atoms with E-state index in [1.807, 2.05) is 30.6 Å². The van der Waals surface area contributed by atoms with Crippen molar-refractivity contribution in [3.05, 3.63) is 48.6 Å². The topological polar surface area (TPSA) is 55.9 Å². The quantitative estimate of drug-likeness (QED) is 0.772. The lowest BCUT2D eigenvalue weighted by Crippen LogP contribution is -1.98. The smallest absolute Gasteiger partial charge is 0.198 e. The number of fused-ring (bicyclic) bond motifs is 1. The molecule has 108 valence electrons. The number of hydrogen-bond acceptors (Lipinski definition) is 4. The maximum atomic E-state index is 5.70. The van der Waals surface area contributed by atoms with E-state index in [4.69, 9.17) is 4.42 Å². The lowest BCUT2D eigenvalue weighted by molar-refractivity contribution is 0.501. The molecule has 3 aromatic rings. The first-order valence-corrected chi connectivity index (χ1v) is 6.95. The van der Waals surface area contributed by atoms with Crippen LogP contribution in [0.4, 0.5) is 5.69 Å². The van der Waals surface area contributed by atoms with E-state index in [1.165, 1.54) is 0 Å². The minimum Gasteiger partial charge on any atom is -0.440 e. The van der Waals surface area contributed by atoms with Gasteiger partial charge >= 0.3 is 0 Å². The van der Waals surface area contributed by atoms with Gasteiger partial charge < -0.3 is 9.73 Å². The molecule has 3 rings (SSSR count). The fourth-order valence-corrected chi connectivity index (χ4v) is 2.07. The number of hydrogen-bond donors (Lipinski definition) is 1. The molecule has 2 heterocycles. The van der Waals surface area contributed by atoms with Crippen LogP contribution in [-0.4, -0.2) is 14.8 Å². The van der Waals surface area contributed by atoms with Gasteiger partial charge in [0.15, 0.2) is 11.5 Å². The normalized spacial score (nSPS) is 11.2. The molecule has 0 saturated carbocycles. The number of nitrogens with zero attached hydrogens (tertiary/aromatic N) is 3. The van der Waals surface area contributed by atoms with Crippen molar-refractivity contribution in [3.63, 3.8) is 0 Å². The van der Waals surface area contributed by atoms with Crippen LogP contribution in [0, 0.1) is 0 Å². The summed E-state index contributed by atoms with van der Waals surface area (Å²) in [5, 5.41) is 7.51. The van der Waals surface area contributed by atoms with Gasteiger partial charge in [0, 0.05) is 36.1 Å². The Kier molecular flexibility index (Phi) is 3.48. The predicted octanol–water partition coefficient (Wildman–Crippen LogP) is 3.86. The van der Waals surface area contributed by atoms with Crippen molar-refractivity contribution in [1.82, 2.24) is 14.8 Å². The molecule has 0 unspecified atom stereocenters. The molecule has 0 radical (unpaired) electrons. The van der Waals surface area contributed by atoms with E-state index >= 15 is 0 Å². The van der Waals surface area contributed by atoms with Crippen LogP contribution in [0.5, 0.6) is 0 Å². The number of aromatic nitrogens is 3. The van der Waals surface area contributed by atoms with Gasteiger partial charge in [-0.25, -0.2) is 9.67 Å². The Hall–Kier alpha value is -2.56. The molecule has 1 N–H and O–H groups in total. The summed E-state index contributed by atoms with van der Waals surface area (Å²) >= 11 is 0. The molecule has 0 bridgehead atoms. The third kappa shape index (κ3) is 2.81. The maximum absolute atomic E-state index is 5.70.